The Balaban J connectivity index is 1.75. The first-order valence-electron chi connectivity index (χ1n) is 8.19. The molecular weight excluding hydrogens is 416 g/mol. The Kier molecular flexibility index (Phi) is 5.75. The number of tetrazole rings is 1. The zero-order chi connectivity index (χ0) is 21.9. The third-order valence-corrected chi connectivity index (χ3v) is 3.91. The Hall–Kier alpha value is -3.46. The molecule has 0 radical (unpaired) electrons. The monoisotopic (exact) mass is 427 g/mol. The molecule has 2 heterocycles. The number of aliphatic hydroxyl groups is 1. The first-order valence-corrected chi connectivity index (χ1v) is 8.19. The van der Waals surface area contributed by atoms with Crippen LogP contribution in [0.3, 0.4) is 0 Å². The van der Waals surface area contributed by atoms with Crippen molar-refractivity contribution in [1.29, 1.82) is 0 Å². The van der Waals surface area contributed by atoms with Crippen molar-refractivity contribution in [2.75, 3.05) is 0 Å². The Morgan fingerprint density at radius 3 is 2.40 bits per heavy atom. The van der Waals surface area contributed by atoms with E-state index in [9.17, 15) is 31.4 Å². The summed E-state index contributed by atoms with van der Waals surface area (Å²) in [5.74, 6) is -0.136. The second kappa shape index (κ2) is 8.11. The summed E-state index contributed by atoms with van der Waals surface area (Å²) in [6.07, 6.45) is -4.81. The number of hydrogen-bond acceptors (Lipinski definition) is 5. The standard InChI is InChI=1S/C18H11F6N5O/c19-14-7-13(18(22,23)24)5-4-12(14)3-1-11-2-6-15(25-8-11)17(20,21)16(30)9-29-10-26-27-28-29/h2,4-8,10,16,30H,9H2. The molecule has 30 heavy (non-hydrogen) atoms. The summed E-state index contributed by atoms with van der Waals surface area (Å²) in [7, 11) is 0. The fourth-order valence-electron chi connectivity index (χ4n) is 2.32. The highest BCUT2D eigenvalue weighted by Crippen LogP contribution is 2.31. The largest absolute Gasteiger partial charge is 0.416 e. The van der Waals surface area contributed by atoms with E-state index in [1.54, 1.807) is 0 Å². The van der Waals surface area contributed by atoms with Crippen molar-refractivity contribution in [2.45, 2.75) is 24.7 Å². The number of pyridine rings is 1. The summed E-state index contributed by atoms with van der Waals surface area (Å²) in [6, 6.07) is 3.96. The number of aromatic nitrogens is 5. The number of halogens is 6. The summed E-state index contributed by atoms with van der Waals surface area (Å²) < 4.78 is 81.0. The van der Waals surface area contributed by atoms with Crippen LogP contribution >= 0.6 is 0 Å². The molecule has 6 nitrogen and oxygen atoms in total. The first-order chi connectivity index (χ1) is 14.1. The maximum atomic E-state index is 14.3. The third-order valence-electron chi connectivity index (χ3n) is 3.91. The van der Waals surface area contributed by atoms with Gasteiger partial charge in [0.25, 0.3) is 0 Å². The van der Waals surface area contributed by atoms with Crippen LogP contribution in [0.2, 0.25) is 0 Å². The zero-order valence-corrected chi connectivity index (χ0v) is 14.8. The van der Waals surface area contributed by atoms with Crippen LogP contribution in [0, 0.1) is 17.7 Å². The van der Waals surface area contributed by atoms with E-state index in [4.69, 9.17) is 0 Å². The minimum atomic E-state index is -4.69. The number of aliphatic hydroxyl groups excluding tert-OH is 1. The van der Waals surface area contributed by atoms with E-state index in [2.05, 4.69) is 32.4 Å². The van der Waals surface area contributed by atoms with Gasteiger partial charge in [-0.15, -0.1) is 5.10 Å². The predicted octanol–water partition coefficient (Wildman–Crippen LogP) is 2.78. The quantitative estimate of drug-likeness (QED) is 0.512. The van der Waals surface area contributed by atoms with E-state index in [1.807, 2.05) is 0 Å². The second-order valence-electron chi connectivity index (χ2n) is 6.05. The van der Waals surface area contributed by atoms with E-state index in [0.29, 0.717) is 12.1 Å². The Morgan fingerprint density at radius 2 is 1.83 bits per heavy atom. The molecule has 0 saturated heterocycles. The van der Waals surface area contributed by atoms with Gasteiger partial charge in [-0.1, -0.05) is 11.8 Å². The normalized spacial score (nSPS) is 12.9. The highest BCUT2D eigenvalue weighted by molar-refractivity contribution is 5.44. The van der Waals surface area contributed by atoms with Crippen LogP contribution in [-0.4, -0.2) is 36.4 Å². The molecule has 3 rings (SSSR count). The van der Waals surface area contributed by atoms with Crippen LogP contribution in [0.15, 0.2) is 42.9 Å². The number of benzene rings is 1. The summed E-state index contributed by atoms with van der Waals surface area (Å²) in [5, 5.41) is 19.7. The van der Waals surface area contributed by atoms with Crippen molar-refractivity contribution >= 4 is 0 Å². The second-order valence-corrected chi connectivity index (χ2v) is 6.05. The fourth-order valence-corrected chi connectivity index (χ4v) is 2.32. The molecule has 0 bridgehead atoms. The van der Waals surface area contributed by atoms with Crippen molar-refractivity contribution in [1.82, 2.24) is 25.2 Å². The van der Waals surface area contributed by atoms with Crippen LogP contribution in [0.5, 0.6) is 0 Å². The van der Waals surface area contributed by atoms with Crippen molar-refractivity contribution in [2.24, 2.45) is 0 Å². The molecule has 0 spiro atoms. The molecule has 0 amide bonds. The minimum absolute atomic E-state index is 0.115. The Labute approximate surface area is 165 Å². The third kappa shape index (κ3) is 4.74. The van der Waals surface area contributed by atoms with Crippen molar-refractivity contribution in [3.8, 4) is 11.8 Å². The molecule has 2 aromatic heterocycles. The number of nitrogens with zero attached hydrogens (tertiary/aromatic N) is 5. The molecular formula is C18H11F6N5O. The molecule has 156 valence electrons. The van der Waals surface area contributed by atoms with E-state index >= 15 is 0 Å². The molecule has 3 aromatic rings. The lowest BCUT2D eigenvalue weighted by molar-refractivity contribution is -0.137. The average molecular weight is 427 g/mol. The lowest BCUT2D eigenvalue weighted by atomic mass is 10.1. The lowest BCUT2D eigenvalue weighted by Crippen LogP contribution is -2.35. The molecule has 0 saturated carbocycles. The van der Waals surface area contributed by atoms with Gasteiger partial charge in [0.2, 0.25) is 0 Å². The molecule has 0 fully saturated rings. The van der Waals surface area contributed by atoms with Crippen LogP contribution in [0.25, 0.3) is 0 Å². The maximum absolute atomic E-state index is 14.3. The van der Waals surface area contributed by atoms with Gasteiger partial charge in [0, 0.05) is 11.8 Å². The molecule has 0 aliphatic carbocycles. The molecule has 1 unspecified atom stereocenters. The maximum Gasteiger partial charge on any atom is 0.416 e. The number of hydrogen-bond donors (Lipinski definition) is 1. The van der Waals surface area contributed by atoms with E-state index in [-0.39, 0.29) is 11.1 Å². The van der Waals surface area contributed by atoms with Gasteiger partial charge < -0.3 is 5.11 Å². The van der Waals surface area contributed by atoms with Crippen LogP contribution in [0.4, 0.5) is 26.3 Å². The van der Waals surface area contributed by atoms with Crippen LogP contribution < -0.4 is 0 Å². The highest BCUT2D eigenvalue weighted by atomic mass is 19.4. The highest BCUT2D eigenvalue weighted by Gasteiger charge is 2.42. The molecule has 12 heteroatoms. The van der Waals surface area contributed by atoms with Gasteiger partial charge in [0.1, 0.15) is 23.9 Å². The SMILES string of the molecule is OC(Cn1cnnn1)C(F)(F)c1ccc(C#Cc2ccc(C(F)(F)F)cc2F)cn1. The summed E-state index contributed by atoms with van der Waals surface area (Å²) in [5.41, 5.74) is -2.08. The van der Waals surface area contributed by atoms with E-state index in [0.717, 1.165) is 35.4 Å². The minimum Gasteiger partial charge on any atom is -0.384 e. The van der Waals surface area contributed by atoms with Crippen molar-refractivity contribution in [3.63, 3.8) is 0 Å². The Morgan fingerprint density at radius 1 is 1.07 bits per heavy atom. The number of alkyl halides is 5. The van der Waals surface area contributed by atoms with Gasteiger partial charge in [-0.2, -0.15) is 22.0 Å². The van der Waals surface area contributed by atoms with Crippen molar-refractivity contribution < 1.29 is 31.4 Å². The van der Waals surface area contributed by atoms with E-state index < -0.39 is 41.8 Å². The average Bonchev–Trinajstić information content (AvgIpc) is 3.19. The molecule has 1 N–H and O–H groups in total. The van der Waals surface area contributed by atoms with Crippen molar-refractivity contribution in [3.05, 3.63) is 71.1 Å². The molecule has 1 atom stereocenters. The summed E-state index contributed by atoms with van der Waals surface area (Å²) >= 11 is 0. The molecule has 0 aliphatic heterocycles. The van der Waals surface area contributed by atoms with Gasteiger partial charge in [0.15, 0.2) is 0 Å². The Bertz CT molecular complexity index is 1070. The lowest BCUT2D eigenvalue weighted by Gasteiger charge is -2.21. The first kappa shape index (κ1) is 21.3. The van der Waals surface area contributed by atoms with Gasteiger partial charge in [-0.25, -0.2) is 9.07 Å². The van der Waals surface area contributed by atoms with Crippen LogP contribution in [0.1, 0.15) is 22.4 Å². The van der Waals surface area contributed by atoms with Gasteiger partial charge in [-0.3, -0.25) is 4.98 Å². The van der Waals surface area contributed by atoms with Crippen LogP contribution in [-0.2, 0) is 18.6 Å². The smallest absolute Gasteiger partial charge is 0.384 e. The predicted molar refractivity (Wildman–Crippen MR) is 89.3 cm³/mol. The van der Waals surface area contributed by atoms with Gasteiger partial charge >= 0.3 is 12.1 Å². The zero-order valence-electron chi connectivity index (χ0n) is 14.8. The summed E-state index contributed by atoms with van der Waals surface area (Å²) in [4.78, 5) is 3.57. The number of rotatable bonds is 4. The van der Waals surface area contributed by atoms with Gasteiger partial charge in [-0.05, 0) is 40.8 Å². The van der Waals surface area contributed by atoms with Gasteiger partial charge in [0.05, 0.1) is 17.7 Å². The summed E-state index contributed by atoms with van der Waals surface area (Å²) in [6.45, 7) is -0.573. The topological polar surface area (TPSA) is 76.7 Å². The van der Waals surface area contributed by atoms with E-state index in [1.165, 1.54) is 0 Å². The molecule has 0 aliphatic rings. The fraction of sp³-hybridized carbons (Fsp3) is 0.222. The molecule has 1 aromatic carbocycles.